The van der Waals surface area contributed by atoms with E-state index in [0.717, 1.165) is 11.3 Å². The summed E-state index contributed by atoms with van der Waals surface area (Å²) >= 11 is 0. The normalized spacial score (nSPS) is 21.3. The number of carbonyl (C=O) groups excluding carboxylic acids is 3. The molecule has 9 heteroatoms. The number of hydrogen-bond acceptors (Lipinski definition) is 6. The van der Waals surface area contributed by atoms with E-state index in [-0.39, 0.29) is 19.0 Å². The minimum Gasteiger partial charge on any atom is -0.493 e. The lowest BCUT2D eigenvalue weighted by Crippen LogP contribution is -2.58. The minimum absolute atomic E-state index is 0.0393. The summed E-state index contributed by atoms with van der Waals surface area (Å²) in [6.07, 6.45) is 2.46. The van der Waals surface area contributed by atoms with Gasteiger partial charge in [0.05, 0.1) is 12.6 Å². The molecule has 2 atom stereocenters. The number of ether oxygens (including phenoxy) is 1. The number of carbonyl (C=O) groups is 4. The predicted octanol–water partition coefficient (Wildman–Crippen LogP) is 0.524. The summed E-state index contributed by atoms with van der Waals surface area (Å²) in [6.45, 7) is 0.795. The van der Waals surface area contributed by atoms with Crippen LogP contribution in [0.25, 0.3) is 0 Å². The van der Waals surface area contributed by atoms with Crippen molar-refractivity contribution in [3.05, 3.63) is 29.8 Å². The van der Waals surface area contributed by atoms with Gasteiger partial charge in [0.1, 0.15) is 12.3 Å². The number of benzene rings is 1. The molecule has 1 saturated heterocycles. The van der Waals surface area contributed by atoms with E-state index in [2.05, 4.69) is 5.32 Å². The van der Waals surface area contributed by atoms with Gasteiger partial charge in [0.2, 0.25) is 11.8 Å². The number of piperidine rings is 1. The highest BCUT2D eigenvalue weighted by atomic mass is 16.5. The maximum Gasteiger partial charge on any atom is 0.322 e. The van der Waals surface area contributed by atoms with Crippen LogP contribution in [0.2, 0.25) is 0 Å². The Labute approximate surface area is 181 Å². The lowest BCUT2D eigenvalue weighted by atomic mass is 9.89. The zero-order valence-corrected chi connectivity index (χ0v) is 17.9. The van der Waals surface area contributed by atoms with Crippen LogP contribution in [0, 0.1) is 11.8 Å². The number of Topliss-reactive ketones (excluding diaryl/α,β-unsaturated/α-hetero) is 1. The predicted molar refractivity (Wildman–Crippen MR) is 111 cm³/mol. The monoisotopic (exact) mass is 431 g/mol. The molecule has 2 fully saturated rings. The first-order valence-corrected chi connectivity index (χ1v) is 10.4. The van der Waals surface area contributed by atoms with Gasteiger partial charge in [-0.25, -0.2) is 0 Å². The highest BCUT2D eigenvalue weighted by molar-refractivity contribution is 6.19. The molecule has 1 heterocycles. The molecule has 0 radical (unpaired) electrons. The summed E-state index contributed by atoms with van der Waals surface area (Å²) in [7, 11) is 3.70. The average Bonchev–Trinajstić information content (AvgIpc) is 3.52. The Kier molecular flexibility index (Phi) is 7.27. The van der Waals surface area contributed by atoms with Crippen molar-refractivity contribution < 1.29 is 29.0 Å². The number of nitrogens with zero attached hydrogens (tertiary/aromatic N) is 2. The van der Waals surface area contributed by atoms with Gasteiger partial charge >= 0.3 is 5.97 Å². The van der Waals surface area contributed by atoms with E-state index in [4.69, 9.17) is 9.84 Å². The number of rotatable bonds is 10. The van der Waals surface area contributed by atoms with E-state index in [1.54, 1.807) is 4.90 Å². The first-order chi connectivity index (χ1) is 14.7. The molecule has 1 unspecified atom stereocenters. The van der Waals surface area contributed by atoms with Crippen molar-refractivity contribution in [3.8, 4) is 5.75 Å². The van der Waals surface area contributed by atoms with Crippen LogP contribution in [0.1, 0.15) is 24.8 Å². The Bertz CT molecular complexity index is 834. The highest BCUT2D eigenvalue weighted by Crippen LogP contribution is 2.30. The lowest BCUT2D eigenvalue weighted by Gasteiger charge is -2.39. The maximum atomic E-state index is 13.1. The zero-order chi connectivity index (χ0) is 22.5. The molecule has 1 aromatic carbocycles. The smallest absolute Gasteiger partial charge is 0.322 e. The quantitative estimate of drug-likeness (QED) is 0.519. The summed E-state index contributed by atoms with van der Waals surface area (Å²) in [6, 6.07) is 7.09. The van der Waals surface area contributed by atoms with Crippen LogP contribution in [0.5, 0.6) is 5.75 Å². The van der Waals surface area contributed by atoms with E-state index in [1.165, 1.54) is 12.8 Å². The molecule has 0 spiro atoms. The van der Waals surface area contributed by atoms with Crippen molar-refractivity contribution in [2.24, 2.45) is 11.8 Å². The van der Waals surface area contributed by atoms with Crippen LogP contribution >= 0.6 is 0 Å². The maximum absolute atomic E-state index is 13.1. The van der Waals surface area contributed by atoms with Crippen molar-refractivity contribution in [3.63, 3.8) is 0 Å². The number of likely N-dealkylation sites (N-methyl/N-ethyl adjacent to an activating group) is 1. The molecule has 0 bridgehead atoms. The fourth-order valence-electron chi connectivity index (χ4n) is 3.64. The van der Waals surface area contributed by atoms with E-state index in [0.29, 0.717) is 19.1 Å². The molecule has 168 valence electrons. The first kappa shape index (κ1) is 22.7. The largest absolute Gasteiger partial charge is 0.493 e. The van der Waals surface area contributed by atoms with Crippen molar-refractivity contribution >= 4 is 23.6 Å². The number of ketones is 1. The van der Waals surface area contributed by atoms with Crippen LogP contribution in [0.4, 0.5) is 0 Å². The Balaban J connectivity index is 1.72. The van der Waals surface area contributed by atoms with E-state index < -0.39 is 36.0 Å². The number of aliphatic carboxylic acids is 1. The number of carboxylic acid groups (broad SMARTS) is 1. The second-order valence-corrected chi connectivity index (χ2v) is 8.50. The standard InChI is InChI=1S/C22H29N3O6/c1-24(2)12-16-9-18(26)20(21(29)23-10-19(27)28)22(30)25(16)11-14-5-7-17(8-6-14)31-13-15-3-4-15/h5-8,15-16,20H,3-4,9-13H2,1-2H3,(H,23,29)(H,27,28)/t16-,20?/m0/s1. The molecule has 9 nitrogen and oxygen atoms in total. The average molecular weight is 431 g/mol. The van der Waals surface area contributed by atoms with Crippen molar-refractivity contribution in [1.82, 2.24) is 15.1 Å². The molecule has 1 aromatic rings. The van der Waals surface area contributed by atoms with E-state index >= 15 is 0 Å². The second kappa shape index (κ2) is 9.91. The SMILES string of the molecule is CN(C)C[C@@H]1CC(=O)C(C(=O)NCC(=O)O)C(=O)N1Cc1ccc(OCC2CC2)cc1. The van der Waals surface area contributed by atoms with Gasteiger partial charge in [0.25, 0.3) is 0 Å². The Morgan fingerprint density at radius 3 is 2.45 bits per heavy atom. The number of carboxylic acids is 1. The van der Waals surface area contributed by atoms with Crippen molar-refractivity contribution in [2.75, 3.05) is 33.8 Å². The van der Waals surface area contributed by atoms with Gasteiger partial charge in [-0.05, 0) is 50.6 Å². The molecule has 1 aliphatic heterocycles. The van der Waals surface area contributed by atoms with Crippen LogP contribution < -0.4 is 10.1 Å². The molecule has 3 rings (SSSR count). The Hall–Kier alpha value is -2.94. The molecule has 0 aromatic heterocycles. The van der Waals surface area contributed by atoms with Crippen molar-refractivity contribution in [1.29, 1.82) is 0 Å². The number of nitrogens with one attached hydrogen (secondary N) is 1. The fraction of sp³-hybridized carbons (Fsp3) is 0.545. The number of likely N-dealkylation sites (tertiary alicyclic amines) is 1. The molecule has 2 amide bonds. The second-order valence-electron chi connectivity index (χ2n) is 8.50. The minimum atomic E-state index is -1.51. The third-order valence-electron chi connectivity index (χ3n) is 5.44. The van der Waals surface area contributed by atoms with Gasteiger partial charge in [0, 0.05) is 19.5 Å². The van der Waals surface area contributed by atoms with E-state index in [9.17, 15) is 19.2 Å². The molecule has 1 saturated carbocycles. The summed E-state index contributed by atoms with van der Waals surface area (Å²) < 4.78 is 5.75. The third kappa shape index (κ3) is 6.27. The molecule has 2 aliphatic rings. The van der Waals surface area contributed by atoms with Gasteiger partial charge in [-0.1, -0.05) is 12.1 Å². The highest BCUT2D eigenvalue weighted by Gasteiger charge is 2.45. The molecule has 2 N–H and O–H groups in total. The molecule has 1 aliphatic carbocycles. The van der Waals surface area contributed by atoms with E-state index in [1.807, 2.05) is 43.3 Å². The number of amides is 2. The Morgan fingerprint density at radius 2 is 1.87 bits per heavy atom. The van der Waals surface area contributed by atoms with Crippen LogP contribution in [0.3, 0.4) is 0 Å². The molecular weight excluding hydrogens is 402 g/mol. The zero-order valence-electron chi connectivity index (χ0n) is 17.9. The van der Waals surface area contributed by atoms with Gasteiger partial charge in [-0.2, -0.15) is 0 Å². The summed E-state index contributed by atoms with van der Waals surface area (Å²) in [5.41, 5.74) is 0.856. The first-order valence-electron chi connectivity index (χ1n) is 10.4. The van der Waals surface area contributed by atoms with Gasteiger partial charge in [-0.3, -0.25) is 19.2 Å². The summed E-state index contributed by atoms with van der Waals surface area (Å²) in [5, 5.41) is 10.9. The van der Waals surface area contributed by atoms with Crippen LogP contribution in [-0.4, -0.2) is 78.3 Å². The summed E-state index contributed by atoms with van der Waals surface area (Å²) in [4.78, 5) is 52.2. The van der Waals surface area contributed by atoms with Crippen LogP contribution in [-0.2, 0) is 25.7 Å². The number of hydrogen-bond donors (Lipinski definition) is 2. The van der Waals surface area contributed by atoms with Gasteiger partial charge in [-0.15, -0.1) is 0 Å². The van der Waals surface area contributed by atoms with Gasteiger partial charge in [0.15, 0.2) is 11.7 Å². The fourth-order valence-corrected chi connectivity index (χ4v) is 3.64. The molecular formula is C22H29N3O6. The van der Waals surface area contributed by atoms with Crippen LogP contribution in [0.15, 0.2) is 24.3 Å². The molecule has 31 heavy (non-hydrogen) atoms. The van der Waals surface area contributed by atoms with Gasteiger partial charge < -0.3 is 25.0 Å². The Morgan fingerprint density at radius 1 is 1.19 bits per heavy atom. The lowest BCUT2D eigenvalue weighted by molar-refractivity contribution is -0.155. The topological polar surface area (TPSA) is 116 Å². The summed E-state index contributed by atoms with van der Waals surface area (Å²) in [5.74, 6) is -3.28. The third-order valence-corrected chi connectivity index (χ3v) is 5.44. The van der Waals surface area contributed by atoms with Crippen molar-refractivity contribution in [2.45, 2.75) is 31.8 Å².